The summed E-state index contributed by atoms with van der Waals surface area (Å²) in [7, 11) is 0. The summed E-state index contributed by atoms with van der Waals surface area (Å²) in [5.74, 6) is -0.0270. The molecule has 3 rings (SSSR count). The van der Waals surface area contributed by atoms with Crippen molar-refractivity contribution in [1.29, 1.82) is 0 Å². The number of nitrogens with zero attached hydrogens (tertiary/aromatic N) is 1. The Morgan fingerprint density at radius 3 is 2.82 bits per heavy atom. The molecule has 22 heavy (non-hydrogen) atoms. The number of carbonyl (C=O) groups excluding carboxylic acids is 2. The van der Waals surface area contributed by atoms with E-state index in [1.54, 1.807) is 11.0 Å². The number of benzene rings is 1. The van der Waals surface area contributed by atoms with Gasteiger partial charge in [-0.15, -0.1) is 0 Å². The third-order valence-corrected chi connectivity index (χ3v) is 4.36. The van der Waals surface area contributed by atoms with Crippen LogP contribution in [-0.2, 0) is 4.79 Å². The predicted octanol–water partition coefficient (Wildman–Crippen LogP) is 2.59. The summed E-state index contributed by atoms with van der Waals surface area (Å²) in [5.41, 5.74) is 2.04. The lowest BCUT2D eigenvalue weighted by Gasteiger charge is -2.26. The minimum absolute atomic E-state index is 0.0270. The second kappa shape index (κ2) is 6.01. The number of urea groups is 1. The molecule has 2 aliphatic heterocycles. The Morgan fingerprint density at radius 2 is 2.09 bits per heavy atom. The zero-order valence-corrected chi connectivity index (χ0v) is 13.1. The number of unbranched alkanes of at least 4 members (excludes halogenated alkanes) is 1. The Morgan fingerprint density at radius 1 is 1.32 bits per heavy atom. The Labute approximate surface area is 134 Å². The second-order valence-corrected chi connectivity index (χ2v) is 5.93. The van der Waals surface area contributed by atoms with Crippen LogP contribution in [0.25, 0.3) is 0 Å². The van der Waals surface area contributed by atoms with Gasteiger partial charge < -0.3 is 15.5 Å². The lowest BCUT2D eigenvalue weighted by Crippen LogP contribution is -2.44. The molecule has 1 aromatic carbocycles. The van der Waals surface area contributed by atoms with Crippen molar-refractivity contribution in [1.82, 2.24) is 15.5 Å². The molecule has 6 heteroatoms. The topological polar surface area (TPSA) is 61.4 Å². The van der Waals surface area contributed by atoms with Crippen molar-refractivity contribution < 1.29 is 9.59 Å². The molecule has 0 saturated carbocycles. The molecule has 0 radical (unpaired) electrons. The fraction of sp³-hybridized carbons (Fsp3) is 0.375. The monoisotopic (exact) mass is 319 g/mol. The Balaban J connectivity index is 1.95. The molecule has 0 bridgehead atoms. The van der Waals surface area contributed by atoms with Gasteiger partial charge in [0.2, 0.25) is 0 Å². The largest absolute Gasteiger partial charge is 0.333 e. The van der Waals surface area contributed by atoms with Crippen molar-refractivity contribution in [2.45, 2.75) is 25.8 Å². The van der Waals surface area contributed by atoms with E-state index in [9.17, 15) is 9.59 Å². The fourth-order valence-electron chi connectivity index (χ4n) is 2.90. The van der Waals surface area contributed by atoms with Crippen molar-refractivity contribution >= 4 is 23.5 Å². The van der Waals surface area contributed by atoms with Gasteiger partial charge in [0.1, 0.15) is 0 Å². The van der Waals surface area contributed by atoms with E-state index >= 15 is 0 Å². The first-order chi connectivity index (χ1) is 10.6. The summed E-state index contributed by atoms with van der Waals surface area (Å²) in [6.45, 7) is 3.25. The molecule has 0 fully saturated rings. The molecule has 1 atom stereocenters. The predicted molar refractivity (Wildman–Crippen MR) is 84.4 cm³/mol. The van der Waals surface area contributed by atoms with Crippen LogP contribution in [0.15, 0.2) is 35.5 Å². The van der Waals surface area contributed by atoms with Gasteiger partial charge in [0.05, 0.1) is 23.9 Å². The lowest BCUT2D eigenvalue weighted by atomic mass is 9.96. The number of amides is 3. The van der Waals surface area contributed by atoms with Crippen molar-refractivity contribution in [3.05, 3.63) is 46.1 Å². The highest BCUT2D eigenvalue weighted by Gasteiger charge is 2.40. The van der Waals surface area contributed by atoms with Gasteiger partial charge in [-0.25, -0.2) is 4.79 Å². The summed E-state index contributed by atoms with van der Waals surface area (Å²) >= 11 is 6.24. The lowest BCUT2D eigenvalue weighted by molar-refractivity contribution is -0.125. The number of rotatable bonds is 4. The maximum absolute atomic E-state index is 12.7. The van der Waals surface area contributed by atoms with E-state index < -0.39 is 6.04 Å². The van der Waals surface area contributed by atoms with E-state index in [2.05, 4.69) is 17.6 Å². The Hall–Kier alpha value is -2.01. The molecule has 0 unspecified atom stereocenters. The van der Waals surface area contributed by atoms with Crippen LogP contribution in [0, 0.1) is 0 Å². The van der Waals surface area contributed by atoms with Crippen LogP contribution in [0.3, 0.4) is 0 Å². The molecule has 0 aliphatic carbocycles. The van der Waals surface area contributed by atoms with Gasteiger partial charge >= 0.3 is 6.03 Å². The molecule has 5 nitrogen and oxygen atoms in total. The number of hydrogen-bond donors (Lipinski definition) is 2. The second-order valence-electron chi connectivity index (χ2n) is 5.53. The standard InChI is InChI=1S/C16H18ClN3O2/c1-2-3-8-20-9-12-13(15(20)21)14(19-16(22)18-12)10-6-4-5-7-11(10)17/h4-7,14H,2-3,8-9H2,1H3,(H2,18,19,22)/t14-/m0/s1. The highest BCUT2D eigenvalue weighted by Crippen LogP contribution is 2.35. The minimum atomic E-state index is -0.489. The molecule has 0 spiro atoms. The smallest absolute Gasteiger partial charge is 0.319 e. The number of nitrogens with one attached hydrogen (secondary N) is 2. The molecule has 0 aromatic heterocycles. The summed E-state index contributed by atoms with van der Waals surface area (Å²) in [4.78, 5) is 26.4. The van der Waals surface area contributed by atoms with Crippen LogP contribution in [0.2, 0.25) is 5.02 Å². The first-order valence-electron chi connectivity index (χ1n) is 7.46. The van der Waals surface area contributed by atoms with Crippen LogP contribution in [0.4, 0.5) is 4.79 Å². The van der Waals surface area contributed by atoms with Crippen LogP contribution in [0.5, 0.6) is 0 Å². The average molecular weight is 320 g/mol. The zero-order valence-electron chi connectivity index (χ0n) is 12.4. The third-order valence-electron chi connectivity index (χ3n) is 4.02. The summed E-state index contributed by atoms with van der Waals surface area (Å²) in [6, 6.07) is 6.49. The minimum Gasteiger partial charge on any atom is -0.333 e. The van der Waals surface area contributed by atoms with Crippen molar-refractivity contribution in [2.24, 2.45) is 0 Å². The van der Waals surface area contributed by atoms with E-state index in [-0.39, 0.29) is 11.9 Å². The van der Waals surface area contributed by atoms with E-state index in [4.69, 9.17) is 11.6 Å². The van der Waals surface area contributed by atoms with Crippen LogP contribution in [0.1, 0.15) is 31.4 Å². The number of carbonyl (C=O) groups is 2. The zero-order chi connectivity index (χ0) is 15.7. The quantitative estimate of drug-likeness (QED) is 0.896. The summed E-state index contributed by atoms with van der Waals surface area (Å²) in [6.07, 6.45) is 1.97. The van der Waals surface area contributed by atoms with Crippen molar-refractivity contribution in [2.75, 3.05) is 13.1 Å². The maximum atomic E-state index is 12.7. The van der Waals surface area contributed by atoms with Gasteiger partial charge in [-0.2, -0.15) is 0 Å². The van der Waals surface area contributed by atoms with Crippen LogP contribution >= 0.6 is 11.6 Å². The molecule has 1 aromatic rings. The van der Waals surface area contributed by atoms with Gasteiger partial charge in [-0.1, -0.05) is 43.1 Å². The summed E-state index contributed by atoms with van der Waals surface area (Å²) in [5, 5.41) is 6.11. The molecule has 2 N–H and O–H groups in total. The van der Waals surface area contributed by atoms with Gasteiger partial charge in [0.15, 0.2) is 0 Å². The highest BCUT2D eigenvalue weighted by molar-refractivity contribution is 6.31. The molecule has 3 amide bonds. The van der Waals surface area contributed by atoms with Crippen molar-refractivity contribution in [3.63, 3.8) is 0 Å². The first-order valence-corrected chi connectivity index (χ1v) is 7.84. The van der Waals surface area contributed by atoms with Gasteiger partial charge in [-0.3, -0.25) is 4.79 Å². The van der Waals surface area contributed by atoms with Gasteiger partial charge in [-0.05, 0) is 18.1 Å². The Kier molecular flexibility index (Phi) is 4.07. The van der Waals surface area contributed by atoms with E-state index in [0.29, 0.717) is 29.4 Å². The molecular weight excluding hydrogens is 302 g/mol. The van der Waals surface area contributed by atoms with Gasteiger partial charge in [0, 0.05) is 11.6 Å². The summed E-state index contributed by atoms with van der Waals surface area (Å²) < 4.78 is 0. The fourth-order valence-corrected chi connectivity index (χ4v) is 3.15. The molecule has 116 valence electrons. The SMILES string of the molecule is CCCCN1CC2=C(C1=O)[C@H](c1ccccc1Cl)NC(=O)N2. The molecular formula is C16H18ClN3O2. The number of halogens is 1. The highest BCUT2D eigenvalue weighted by atomic mass is 35.5. The molecule has 2 aliphatic rings. The van der Waals surface area contributed by atoms with Crippen molar-refractivity contribution in [3.8, 4) is 0 Å². The Bertz CT molecular complexity index is 657. The maximum Gasteiger partial charge on any atom is 0.319 e. The van der Waals surface area contributed by atoms with E-state index in [0.717, 1.165) is 18.4 Å². The van der Waals surface area contributed by atoms with Crippen LogP contribution < -0.4 is 10.6 Å². The number of hydrogen-bond acceptors (Lipinski definition) is 2. The first kappa shape index (κ1) is 14.9. The molecule has 0 saturated heterocycles. The van der Waals surface area contributed by atoms with Gasteiger partial charge in [0.25, 0.3) is 5.91 Å². The van der Waals surface area contributed by atoms with E-state index in [1.165, 1.54) is 0 Å². The van der Waals surface area contributed by atoms with Crippen LogP contribution in [-0.4, -0.2) is 29.9 Å². The van der Waals surface area contributed by atoms with E-state index in [1.807, 2.05) is 18.2 Å². The normalized spacial score (nSPS) is 20.8. The third kappa shape index (κ3) is 2.57. The molecule has 2 heterocycles. The average Bonchev–Trinajstić information content (AvgIpc) is 2.81.